The lowest BCUT2D eigenvalue weighted by atomic mass is 10.0. The number of amides is 1. The molecule has 47 heavy (non-hydrogen) atoms. The second-order valence-electron chi connectivity index (χ2n) is 14.2. The molecule has 4 N–H and O–H groups in total. The van der Waals surface area contributed by atoms with Crippen LogP contribution in [0.4, 0.5) is 0 Å². The van der Waals surface area contributed by atoms with Gasteiger partial charge in [-0.2, -0.15) is 0 Å². The van der Waals surface area contributed by atoms with Crippen molar-refractivity contribution < 1.29 is 20.1 Å². The summed E-state index contributed by atoms with van der Waals surface area (Å²) in [5, 5.41) is 33.4. The third kappa shape index (κ3) is 33.1. The van der Waals surface area contributed by atoms with Gasteiger partial charge in [-0.3, -0.25) is 4.79 Å². The molecule has 0 rings (SSSR count). The molecule has 0 aromatic carbocycles. The molecule has 3 unspecified atom stereocenters. The van der Waals surface area contributed by atoms with E-state index in [0.29, 0.717) is 12.8 Å². The molecule has 0 heterocycles. The standard InChI is InChI=1S/C42H81NO4/c1-3-5-7-9-11-13-15-17-19-20-21-22-23-24-26-28-30-32-34-36-40(45)42(47)39(38-44)43-41(46)37-35-33-31-29-27-25-18-16-14-12-10-8-6-4-2/h22-23,28,30,39-40,42,44-45,47H,3-21,24-27,29,31-38H2,1-2H3,(H,43,46)/b23-22+,30-28+. The number of allylic oxidation sites excluding steroid dienone is 4. The molecule has 0 fully saturated rings. The minimum absolute atomic E-state index is 0.158. The van der Waals surface area contributed by atoms with E-state index in [9.17, 15) is 20.1 Å². The molecule has 0 aromatic heterocycles. The zero-order valence-electron chi connectivity index (χ0n) is 31.4. The van der Waals surface area contributed by atoms with Crippen LogP contribution in [-0.4, -0.2) is 46.1 Å². The third-order valence-electron chi connectivity index (χ3n) is 9.54. The average Bonchev–Trinajstić information content (AvgIpc) is 3.07. The minimum atomic E-state index is -1.16. The molecule has 5 nitrogen and oxygen atoms in total. The molecule has 278 valence electrons. The highest BCUT2D eigenvalue weighted by atomic mass is 16.3. The number of rotatable bonds is 37. The fraction of sp³-hybridized carbons (Fsp3) is 0.881. The number of hydrogen-bond acceptors (Lipinski definition) is 4. The molecular weight excluding hydrogens is 582 g/mol. The van der Waals surface area contributed by atoms with Crippen LogP contribution in [0.15, 0.2) is 24.3 Å². The molecular formula is C42H81NO4. The van der Waals surface area contributed by atoms with Crippen molar-refractivity contribution in [3.05, 3.63) is 24.3 Å². The molecule has 0 spiro atoms. The van der Waals surface area contributed by atoms with Gasteiger partial charge in [-0.05, 0) is 51.4 Å². The van der Waals surface area contributed by atoms with Crippen LogP contribution in [0.3, 0.4) is 0 Å². The smallest absolute Gasteiger partial charge is 0.220 e. The Hall–Kier alpha value is -1.17. The second-order valence-corrected chi connectivity index (χ2v) is 14.2. The number of carbonyl (C=O) groups is 1. The van der Waals surface area contributed by atoms with Crippen molar-refractivity contribution in [2.24, 2.45) is 0 Å². The van der Waals surface area contributed by atoms with Crippen molar-refractivity contribution in [1.82, 2.24) is 5.32 Å². The lowest BCUT2D eigenvalue weighted by Gasteiger charge is -2.26. The predicted octanol–water partition coefficient (Wildman–Crippen LogP) is 11.4. The molecule has 0 saturated heterocycles. The van der Waals surface area contributed by atoms with Crippen molar-refractivity contribution in [3.63, 3.8) is 0 Å². The lowest BCUT2D eigenvalue weighted by molar-refractivity contribution is -0.124. The molecule has 0 aliphatic rings. The Kier molecular flexibility index (Phi) is 36.7. The lowest BCUT2D eigenvalue weighted by Crippen LogP contribution is -2.50. The first-order valence-corrected chi connectivity index (χ1v) is 20.6. The highest BCUT2D eigenvalue weighted by Crippen LogP contribution is 2.15. The molecule has 0 radical (unpaired) electrons. The van der Waals surface area contributed by atoms with Gasteiger partial charge in [0.1, 0.15) is 6.10 Å². The van der Waals surface area contributed by atoms with Crippen LogP contribution in [0, 0.1) is 0 Å². The number of unbranched alkanes of at least 4 members (excludes halogenated alkanes) is 25. The third-order valence-corrected chi connectivity index (χ3v) is 9.54. The zero-order valence-corrected chi connectivity index (χ0v) is 31.4. The van der Waals surface area contributed by atoms with Gasteiger partial charge in [-0.1, -0.05) is 179 Å². The van der Waals surface area contributed by atoms with E-state index in [0.717, 1.165) is 44.9 Å². The molecule has 0 aliphatic carbocycles. The summed E-state index contributed by atoms with van der Waals surface area (Å²) < 4.78 is 0. The second kappa shape index (κ2) is 37.6. The topological polar surface area (TPSA) is 89.8 Å². The Bertz CT molecular complexity index is 694. The maximum absolute atomic E-state index is 12.4. The highest BCUT2D eigenvalue weighted by Gasteiger charge is 2.26. The van der Waals surface area contributed by atoms with Crippen LogP contribution >= 0.6 is 0 Å². The Balaban J connectivity index is 3.71. The molecule has 0 bridgehead atoms. The monoisotopic (exact) mass is 664 g/mol. The minimum Gasteiger partial charge on any atom is -0.394 e. The summed E-state index contributed by atoms with van der Waals surface area (Å²) in [6.45, 7) is 4.16. The summed E-state index contributed by atoms with van der Waals surface area (Å²) in [6.07, 6.45) is 44.2. The summed E-state index contributed by atoms with van der Waals surface area (Å²) in [6, 6.07) is -0.827. The number of aliphatic hydroxyl groups excluding tert-OH is 3. The van der Waals surface area contributed by atoms with E-state index in [4.69, 9.17) is 0 Å². The van der Waals surface area contributed by atoms with Gasteiger partial charge in [0.05, 0.1) is 18.8 Å². The van der Waals surface area contributed by atoms with Gasteiger partial charge < -0.3 is 20.6 Å². The highest BCUT2D eigenvalue weighted by molar-refractivity contribution is 5.76. The van der Waals surface area contributed by atoms with Crippen LogP contribution in [-0.2, 0) is 4.79 Å². The van der Waals surface area contributed by atoms with Gasteiger partial charge in [0.2, 0.25) is 5.91 Å². The maximum atomic E-state index is 12.4. The molecule has 3 atom stereocenters. The summed E-state index contributed by atoms with van der Waals surface area (Å²) in [7, 11) is 0. The van der Waals surface area contributed by atoms with Crippen LogP contribution in [0.2, 0.25) is 0 Å². The van der Waals surface area contributed by atoms with Gasteiger partial charge in [-0.25, -0.2) is 0 Å². The van der Waals surface area contributed by atoms with E-state index < -0.39 is 18.2 Å². The number of hydrogen-bond donors (Lipinski definition) is 4. The fourth-order valence-electron chi connectivity index (χ4n) is 6.30. The Labute approximate surface area is 292 Å². The van der Waals surface area contributed by atoms with Crippen molar-refractivity contribution in [2.45, 2.75) is 231 Å². The molecule has 1 amide bonds. The molecule has 0 aromatic rings. The van der Waals surface area contributed by atoms with Crippen molar-refractivity contribution in [2.75, 3.05) is 6.61 Å². The predicted molar refractivity (Wildman–Crippen MR) is 204 cm³/mol. The summed E-state index contributed by atoms with van der Waals surface area (Å²) >= 11 is 0. The van der Waals surface area contributed by atoms with E-state index in [-0.39, 0.29) is 12.5 Å². The first kappa shape index (κ1) is 45.8. The van der Waals surface area contributed by atoms with Crippen molar-refractivity contribution in [3.8, 4) is 0 Å². The van der Waals surface area contributed by atoms with E-state index in [1.54, 1.807) is 0 Å². The maximum Gasteiger partial charge on any atom is 0.220 e. The van der Waals surface area contributed by atoms with Crippen molar-refractivity contribution >= 4 is 5.91 Å². The van der Waals surface area contributed by atoms with E-state index in [1.165, 1.54) is 141 Å². The first-order valence-electron chi connectivity index (χ1n) is 20.6. The number of nitrogens with one attached hydrogen (secondary N) is 1. The number of aliphatic hydroxyl groups is 3. The van der Waals surface area contributed by atoms with Gasteiger partial charge in [0.25, 0.3) is 0 Å². The Morgan fingerprint density at radius 2 is 0.872 bits per heavy atom. The zero-order chi connectivity index (χ0) is 34.5. The number of carbonyl (C=O) groups excluding carboxylic acids is 1. The fourth-order valence-corrected chi connectivity index (χ4v) is 6.30. The quantitative estimate of drug-likeness (QED) is 0.0393. The Morgan fingerprint density at radius 1 is 0.511 bits per heavy atom. The van der Waals surface area contributed by atoms with Crippen LogP contribution in [0.25, 0.3) is 0 Å². The SMILES string of the molecule is CCCCCCCCCCCC/C=C/CC/C=C/CCCC(O)C(O)C(CO)NC(=O)CCCCCCCCCCCCCCCC. The average molecular weight is 664 g/mol. The van der Waals surface area contributed by atoms with E-state index in [1.807, 2.05) is 0 Å². The Morgan fingerprint density at radius 3 is 1.30 bits per heavy atom. The van der Waals surface area contributed by atoms with Crippen LogP contribution < -0.4 is 5.32 Å². The van der Waals surface area contributed by atoms with Gasteiger partial charge in [0.15, 0.2) is 0 Å². The molecule has 0 aliphatic heterocycles. The van der Waals surface area contributed by atoms with E-state index in [2.05, 4.69) is 43.5 Å². The van der Waals surface area contributed by atoms with Gasteiger partial charge in [-0.15, -0.1) is 0 Å². The summed E-state index contributed by atoms with van der Waals surface area (Å²) in [5.74, 6) is -0.158. The van der Waals surface area contributed by atoms with Crippen LogP contribution in [0.1, 0.15) is 213 Å². The largest absolute Gasteiger partial charge is 0.394 e. The van der Waals surface area contributed by atoms with Gasteiger partial charge >= 0.3 is 0 Å². The summed E-state index contributed by atoms with van der Waals surface area (Å²) in [5.41, 5.74) is 0. The van der Waals surface area contributed by atoms with Crippen molar-refractivity contribution in [1.29, 1.82) is 0 Å². The molecule has 0 saturated carbocycles. The van der Waals surface area contributed by atoms with E-state index >= 15 is 0 Å². The first-order chi connectivity index (χ1) is 23.1. The molecule has 5 heteroatoms. The van der Waals surface area contributed by atoms with Gasteiger partial charge in [0, 0.05) is 6.42 Å². The van der Waals surface area contributed by atoms with Crippen LogP contribution in [0.5, 0.6) is 0 Å². The normalized spacial score (nSPS) is 13.9. The summed E-state index contributed by atoms with van der Waals surface area (Å²) in [4.78, 5) is 12.4.